The average molecular weight is 611 g/mol. The normalized spacial score (nSPS) is 10.9. The molecule has 11 heteroatoms. The van der Waals surface area contributed by atoms with Crippen LogP contribution in [0.3, 0.4) is 0 Å². The van der Waals surface area contributed by atoms with Gasteiger partial charge in [0.05, 0.1) is 11.1 Å². The zero-order chi connectivity index (χ0) is 32.0. The molecule has 0 amide bonds. The predicted octanol–water partition coefficient (Wildman–Crippen LogP) is 7.12. The van der Waals surface area contributed by atoms with Gasteiger partial charge in [0, 0.05) is 53.4 Å². The maximum atomic E-state index is 12.0. The van der Waals surface area contributed by atoms with Crippen molar-refractivity contribution < 1.29 is 50.1 Å². The van der Waals surface area contributed by atoms with Crippen LogP contribution in [-0.2, 0) is 4.79 Å². The highest BCUT2D eigenvalue weighted by atomic mass is 32.1. The third-order valence-corrected chi connectivity index (χ3v) is 7.22. The van der Waals surface area contributed by atoms with Crippen LogP contribution in [0.2, 0.25) is 0 Å². The lowest BCUT2D eigenvalue weighted by Crippen LogP contribution is -2.01. The first kappa shape index (κ1) is 34.6. The van der Waals surface area contributed by atoms with Crippen LogP contribution in [0.5, 0.6) is 34.5 Å². The zero-order valence-electron chi connectivity index (χ0n) is 24.7. The fourth-order valence-corrected chi connectivity index (χ4v) is 5.60. The van der Waals surface area contributed by atoms with Crippen molar-refractivity contribution >= 4 is 53.6 Å². The van der Waals surface area contributed by atoms with Crippen LogP contribution in [-0.4, -0.2) is 54.3 Å². The van der Waals surface area contributed by atoms with E-state index in [1.165, 1.54) is 0 Å². The first-order chi connectivity index (χ1) is 19.5. The number of carbonyl (C=O) groups excluding carboxylic acids is 2. The third-order valence-electron chi connectivity index (χ3n) is 7.22. The third kappa shape index (κ3) is 5.60. The molecule has 43 heavy (non-hydrogen) atoms. The Morgan fingerprint density at radius 2 is 0.907 bits per heavy atom. The van der Waals surface area contributed by atoms with E-state index in [1.54, 1.807) is 53.7 Å². The van der Waals surface area contributed by atoms with Gasteiger partial charge in [0.15, 0.2) is 35.6 Å². The van der Waals surface area contributed by atoms with Gasteiger partial charge < -0.3 is 35.7 Å². The number of aryl methyl sites for hydroxylation is 2. The molecule has 0 spiro atoms. The number of benzene rings is 4. The second-order valence-electron chi connectivity index (χ2n) is 10.8. The van der Waals surface area contributed by atoms with Gasteiger partial charge in [0.1, 0.15) is 11.5 Å². The van der Waals surface area contributed by atoms with E-state index < -0.39 is 40.5 Å². The van der Waals surface area contributed by atoms with E-state index in [4.69, 9.17) is 9.90 Å². The van der Waals surface area contributed by atoms with Crippen LogP contribution in [0.15, 0.2) is 12.1 Å². The van der Waals surface area contributed by atoms with Gasteiger partial charge in [-0.2, -0.15) is 0 Å². The van der Waals surface area contributed by atoms with Gasteiger partial charge in [-0.15, -0.1) is 0 Å². The standard InChI is InChI=1S/C30H30O8.C2H4O2.S/c1-11(2)19-15-7-13(5)21(27(35)23(15)17(9-31)25(33)29(19)37)22-14(6)8-16-20(12(3)4)30(38)26(34)18(10-32)24(16)28(22)36;1-2(3)4;/h7-12,33-38H,1-6H3;1H3,(H,3,4);. The second kappa shape index (κ2) is 12.7. The monoisotopic (exact) mass is 610 g/mol. The lowest BCUT2D eigenvalue weighted by molar-refractivity contribution is -0.134. The molecule has 2 radical (unpaired) electrons. The first-order valence-electron chi connectivity index (χ1n) is 13.1. The molecule has 4 aromatic carbocycles. The van der Waals surface area contributed by atoms with Crippen molar-refractivity contribution in [3.63, 3.8) is 0 Å². The van der Waals surface area contributed by atoms with Crippen molar-refractivity contribution in [2.75, 3.05) is 0 Å². The van der Waals surface area contributed by atoms with Crippen molar-refractivity contribution in [1.82, 2.24) is 0 Å². The number of phenolic OH excluding ortho intramolecular Hbond substituents is 6. The number of rotatable bonds is 5. The lowest BCUT2D eigenvalue weighted by atomic mass is 9.83. The number of aromatic hydroxyl groups is 6. The predicted molar refractivity (Wildman–Crippen MR) is 166 cm³/mol. The van der Waals surface area contributed by atoms with Crippen molar-refractivity contribution in [3.8, 4) is 45.6 Å². The molecule has 0 aromatic heterocycles. The molecule has 4 aromatic rings. The van der Waals surface area contributed by atoms with Crippen LogP contribution in [0.25, 0.3) is 32.7 Å². The summed E-state index contributed by atoms with van der Waals surface area (Å²) in [6.45, 7) is 11.6. The topological polar surface area (TPSA) is 193 Å². The Morgan fingerprint density at radius 3 is 1.14 bits per heavy atom. The Hall–Kier alpha value is -4.64. The minimum atomic E-state index is -0.833. The molecule has 7 N–H and O–H groups in total. The molecule has 0 bridgehead atoms. The van der Waals surface area contributed by atoms with Crippen molar-refractivity contribution in [3.05, 3.63) is 45.5 Å². The number of aliphatic carboxylic acids is 1. The summed E-state index contributed by atoms with van der Waals surface area (Å²) in [6, 6.07) is 3.31. The first-order valence-corrected chi connectivity index (χ1v) is 13.1. The Bertz CT molecular complexity index is 1660. The molecule has 10 nitrogen and oxygen atoms in total. The minimum Gasteiger partial charge on any atom is -0.507 e. The Kier molecular flexibility index (Phi) is 10.2. The number of aldehydes is 2. The highest BCUT2D eigenvalue weighted by Crippen LogP contribution is 2.54. The number of fused-ring (bicyclic) bond motifs is 2. The highest BCUT2D eigenvalue weighted by molar-refractivity contribution is 7.59. The fraction of sp³-hybridized carbons (Fsp3) is 0.281. The van der Waals surface area contributed by atoms with E-state index in [0.717, 1.165) is 6.92 Å². The SMILES string of the molecule is CC(=O)O.Cc1cc2c(C(C)C)c(O)c(O)c(C=O)c2c(O)c1-c1c(C)cc2c(C(C)C)c(O)c(O)c(C=O)c2c1O.[S]. The smallest absolute Gasteiger partial charge is 0.300 e. The molecule has 0 atom stereocenters. The Balaban J connectivity index is 0.00000121. The van der Waals surface area contributed by atoms with Crippen molar-refractivity contribution in [2.24, 2.45) is 0 Å². The molecule has 0 aliphatic carbocycles. The van der Waals surface area contributed by atoms with E-state index in [0.29, 0.717) is 45.6 Å². The van der Waals surface area contributed by atoms with Gasteiger partial charge in [-0.3, -0.25) is 14.4 Å². The van der Waals surface area contributed by atoms with Crippen LogP contribution in [0.4, 0.5) is 0 Å². The molecule has 228 valence electrons. The number of hydrogen-bond donors (Lipinski definition) is 7. The second-order valence-corrected chi connectivity index (χ2v) is 10.8. The zero-order valence-corrected chi connectivity index (χ0v) is 25.5. The van der Waals surface area contributed by atoms with Crippen LogP contribution in [0, 0.1) is 13.8 Å². The van der Waals surface area contributed by atoms with E-state index in [9.17, 15) is 40.2 Å². The van der Waals surface area contributed by atoms with Crippen LogP contribution < -0.4 is 0 Å². The molecule has 0 aliphatic rings. The number of carboxylic acid groups (broad SMARTS) is 1. The fourth-order valence-electron chi connectivity index (χ4n) is 5.60. The molecule has 0 saturated heterocycles. The van der Waals surface area contributed by atoms with Gasteiger partial charge in [-0.1, -0.05) is 39.8 Å². The number of carboxylic acids is 1. The van der Waals surface area contributed by atoms with Crippen LogP contribution >= 0.6 is 13.5 Å². The van der Waals surface area contributed by atoms with Crippen molar-refractivity contribution in [1.29, 1.82) is 0 Å². The Morgan fingerprint density at radius 1 is 0.628 bits per heavy atom. The van der Waals surface area contributed by atoms with Crippen LogP contribution in [0.1, 0.15) is 89.4 Å². The molecule has 0 unspecified atom stereocenters. The summed E-state index contributed by atoms with van der Waals surface area (Å²) in [5.41, 5.74) is 1.33. The average Bonchev–Trinajstić information content (AvgIpc) is 2.87. The number of phenols is 6. The summed E-state index contributed by atoms with van der Waals surface area (Å²) in [6.07, 6.45) is 0.682. The van der Waals surface area contributed by atoms with E-state index in [1.807, 2.05) is 0 Å². The van der Waals surface area contributed by atoms with E-state index >= 15 is 0 Å². The lowest BCUT2D eigenvalue weighted by Gasteiger charge is -2.23. The number of hydrogen-bond acceptors (Lipinski definition) is 9. The largest absolute Gasteiger partial charge is 0.507 e. The molecule has 0 saturated carbocycles. The molecule has 0 fully saturated rings. The molecule has 0 heterocycles. The van der Waals surface area contributed by atoms with Gasteiger partial charge in [-0.25, -0.2) is 0 Å². The van der Waals surface area contributed by atoms with Gasteiger partial charge in [0.25, 0.3) is 5.97 Å². The molecule has 0 aliphatic heterocycles. The summed E-state index contributed by atoms with van der Waals surface area (Å²) >= 11 is 0. The maximum absolute atomic E-state index is 12.0. The number of carbonyl (C=O) groups is 3. The van der Waals surface area contributed by atoms with Crippen molar-refractivity contribution in [2.45, 2.75) is 60.3 Å². The summed E-state index contributed by atoms with van der Waals surface area (Å²) in [4.78, 5) is 33.0. The highest BCUT2D eigenvalue weighted by Gasteiger charge is 2.29. The Labute approximate surface area is 254 Å². The molecular weight excluding hydrogens is 576 g/mol. The van der Waals surface area contributed by atoms with Gasteiger partial charge in [0.2, 0.25) is 0 Å². The van der Waals surface area contributed by atoms with E-state index in [2.05, 4.69) is 0 Å². The van der Waals surface area contributed by atoms with E-state index in [-0.39, 0.29) is 58.4 Å². The summed E-state index contributed by atoms with van der Waals surface area (Å²) in [7, 11) is 0. The molecule has 4 rings (SSSR count). The minimum absolute atomic E-state index is 0. The summed E-state index contributed by atoms with van der Waals surface area (Å²) in [5.74, 6) is -4.41. The van der Waals surface area contributed by atoms with Gasteiger partial charge >= 0.3 is 0 Å². The molecular formula is C32H34O10S. The quantitative estimate of drug-likeness (QED) is 0.0903. The van der Waals surface area contributed by atoms with Gasteiger partial charge in [-0.05, 0) is 47.6 Å². The maximum Gasteiger partial charge on any atom is 0.300 e. The summed E-state index contributed by atoms with van der Waals surface area (Å²) < 4.78 is 0. The summed E-state index contributed by atoms with van der Waals surface area (Å²) in [5, 5.41) is 73.8.